The zero-order chi connectivity index (χ0) is 30.8. The van der Waals surface area contributed by atoms with Crippen molar-refractivity contribution in [3.63, 3.8) is 0 Å². The third-order valence-corrected chi connectivity index (χ3v) is 8.57. The van der Waals surface area contributed by atoms with E-state index in [0.717, 1.165) is 9.87 Å². The fraction of sp³-hybridized carbons (Fsp3) is 0.188. The number of carbonyl (C=O) groups is 1. The molecule has 1 amide bonds. The Balaban J connectivity index is 1.51. The number of halogens is 1. The van der Waals surface area contributed by atoms with Crippen LogP contribution in [0.1, 0.15) is 23.6 Å². The number of nitrogens with zero attached hydrogens (tertiary/aromatic N) is 2. The first-order valence-corrected chi connectivity index (χ1v) is 15.6. The van der Waals surface area contributed by atoms with Gasteiger partial charge >= 0.3 is 0 Å². The van der Waals surface area contributed by atoms with Crippen LogP contribution in [0.3, 0.4) is 0 Å². The van der Waals surface area contributed by atoms with Crippen molar-refractivity contribution < 1.29 is 27.4 Å². The van der Waals surface area contributed by atoms with E-state index >= 15 is 0 Å². The highest BCUT2D eigenvalue weighted by molar-refractivity contribution is 9.10. The summed E-state index contributed by atoms with van der Waals surface area (Å²) >= 11 is 3.53. The first kappa shape index (κ1) is 31.6. The minimum absolute atomic E-state index is 0.0410. The molecule has 0 fully saturated rings. The maximum atomic E-state index is 13.6. The van der Waals surface area contributed by atoms with E-state index in [2.05, 4.69) is 26.5 Å². The number of amides is 1. The average molecular weight is 667 g/mol. The van der Waals surface area contributed by atoms with Gasteiger partial charge < -0.3 is 14.2 Å². The summed E-state index contributed by atoms with van der Waals surface area (Å²) in [6, 6.07) is 26.1. The predicted octanol–water partition coefficient (Wildman–Crippen LogP) is 6.09. The minimum Gasteiger partial charge on any atom is -0.493 e. The van der Waals surface area contributed by atoms with Gasteiger partial charge in [0.05, 0.1) is 35.0 Å². The molecular formula is C32H32BrN3O6S. The number of sulfonamides is 1. The summed E-state index contributed by atoms with van der Waals surface area (Å²) in [6.07, 6.45) is 1.43. The van der Waals surface area contributed by atoms with Crippen LogP contribution in [0, 0.1) is 6.92 Å². The molecule has 0 aliphatic heterocycles. The molecule has 0 aliphatic rings. The lowest BCUT2D eigenvalue weighted by molar-refractivity contribution is -0.119. The number of ether oxygens (including phenoxy) is 3. The summed E-state index contributed by atoms with van der Waals surface area (Å²) < 4.78 is 46.1. The van der Waals surface area contributed by atoms with Gasteiger partial charge in [-0.05, 0) is 77.3 Å². The number of hydrogen-bond donors (Lipinski definition) is 1. The Labute approximate surface area is 260 Å². The van der Waals surface area contributed by atoms with Crippen LogP contribution in [0.4, 0.5) is 5.69 Å². The van der Waals surface area contributed by atoms with Gasteiger partial charge in [-0.1, -0.05) is 60.2 Å². The van der Waals surface area contributed by atoms with Crippen molar-refractivity contribution in [2.75, 3.05) is 24.6 Å². The number of hydrazone groups is 1. The highest BCUT2D eigenvalue weighted by Crippen LogP contribution is 2.37. The molecule has 11 heteroatoms. The number of carbonyl (C=O) groups excluding carboxylic acids is 1. The number of nitrogens with one attached hydrogen (secondary N) is 1. The van der Waals surface area contributed by atoms with E-state index in [4.69, 9.17) is 14.2 Å². The van der Waals surface area contributed by atoms with Gasteiger partial charge in [0.15, 0.2) is 11.5 Å². The van der Waals surface area contributed by atoms with Gasteiger partial charge in [0.1, 0.15) is 18.9 Å². The van der Waals surface area contributed by atoms with E-state index in [9.17, 15) is 13.2 Å². The second-order valence-electron chi connectivity index (χ2n) is 9.33. The molecule has 4 aromatic carbocycles. The molecule has 0 radical (unpaired) electrons. The Morgan fingerprint density at radius 1 is 0.953 bits per heavy atom. The maximum absolute atomic E-state index is 13.6. The van der Waals surface area contributed by atoms with Gasteiger partial charge in [0, 0.05) is 0 Å². The zero-order valence-corrected chi connectivity index (χ0v) is 26.4. The molecular weight excluding hydrogens is 634 g/mol. The lowest BCUT2D eigenvalue weighted by Crippen LogP contribution is -2.39. The van der Waals surface area contributed by atoms with Gasteiger partial charge in [0.25, 0.3) is 15.9 Å². The SMILES string of the molecule is CCOc1ccccc1N(CC(=O)N/N=C\c1cc(Br)c(OCc2ccc(C)cc2)c(OC)c1)S(=O)(=O)c1ccccc1. The van der Waals surface area contributed by atoms with Gasteiger partial charge in [0.2, 0.25) is 0 Å². The smallest absolute Gasteiger partial charge is 0.264 e. The predicted molar refractivity (Wildman–Crippen MR) is 171 cm³/mol. The lowest BCUT2D eigenvalue weighted by atomic mass is 10.2. The van der Waals surface area contributed by atoms with E-state index in [1.165, 1.54) is 31.0 Å². The Bertz CT molecular complexity index is 1680. The van der Waals surface area contributed by atoms with E-state index in [-0.39, 0.29) is 10.6 Å². The number of benzene rings is 4. The third kappa shape index (κ3) is 8.14. The first-order chi connectivity index (χ1) is 20.7. The summed E-state index contributed by atoms with van der Waals surface area (Å²) in [4.78, 5) is 13.1. The average Bonchev–Trinajstić information content (AvgIpc) is 3.01. The fourth-order valence-electron chi connectivity index (χ4n) is 4.10. The van der Waals surface area contributed by atoms with Crippen molar-refractivity contribution in [1.29, 1.82) is 0 Å². The largest absolute Gasteiger partial charge is 0.493 e. The number of hydrogen-bond acceptors (Lipinski definition) is 7. The van der Waals surface area contributed by atoms with Crippen LogP contribution in [0.5, 0.6) is 17.2 Å². The van der Waals surface area contributed by atoms with Crippen molar-refractivity contribution in [2.45, 2.75) is 25.3 Å². The van der Waals surface area contributed by atoms with Crippen molar-refractivity contribution in [3.8, 4) is 17.2 Å². The molecule has 0 atom stereocenters. The number of aryl methyl sites for hydroxylation is 1. The molecule has 0 saturated heterocycles. The first-order valence-electron chi connectivity index (χ1n) is 13.4. The number of para-hydroxylation sites is 2. The fourth-order valence-corrected chi connectivity index (χ4v) is 6.13. The van der Waals surface area contributed by atoms with E-state index in [1.807, 2.05) is 31.2 Å². The van der Waals surface area contributed by atoms with Gasteiger partial charge in [-0.3, -0.25) is 9.10 Å². The van der Waals surface area contributed by atoms with Crippen LogP contribution in [0.2, 0.25) is 0 Å². The summed E-state index contributed by atoms with van der Waals surface area (Å²) in [7, 11) is -2.58. The molecule has 0 unspecified atom stereocenters. The van der Waals surface area contributed by atoms with Crippen LogP contribution in [0.15, 0.2) is 105 Å². The van der Waals surface area contributed by atoms with Crippen LogP contribution >= 0.6 is 15.9 Å². The highest BCUT2D eigenvalue weighted by Gasteiger charge is 2.29. The Kier molecular flexibility index (Phi) is 10.8. The monoisotopic (exact) mass is 665 g/mol. The Morgan fingerprint density at radius 2 is 1.65 bits per heavy atom. The van der Waals surface area contributed by atoms with Crippen LogP contribution < -0.4 is 23.9 Å². The Morgan fingerprint density at radius 3 is 2.35 bits per heavy atom. The molecule has 4 aromatic rings. The summed E-state index contributed by atoms with van der Waals surface area (Å²) in [5, 5.41) is 4.06. The second kappa shape index (κ2) is 14.7. The lowest BCUT2D eigenvalue weighted by Gasteiger charge is -2.25. The summed E-state index contributed by atoms with van der Waals surface area (Å²) in [5.74, 6) is 0.689. The summed E-state index contributed by atoms with van der Waals surface area (Å²) in [6.45, 7) is 3.97. The van der Waals surface area contributed by atoms with Crippen LogP contribution in [-0.2, 0) is 21.4 Å². The molecule has 0 aliphatic carbocycles. The number of methoxy groups -OCH3 is 1. The van der Waals surface area contributed by atoms with E-state index in [1.54, 1.807) is 61.5 Å². The molecule has 224 valence electrons. The quantitative estimate of drug-likeness (QED) is 0.137. The van der Waals surface area contributed by atoms with Crippen molar-refractivity contribution in [3.05, 3.63) is 112 Å². The molecule has 0 saturated carbocycles. The molecule has 1 N–H and O–H groups in total. The minimum atomic E-state index is -4.11. The third-order valence-electron chi connectivity index (χ3n) is 6.21. The van der Waals surface area contributed by atoms with Gasteiger partial charge in [-0.25, -0.2) is 13.8 Å². The van der Waals surface area contributed by atoms with Gasteiger partial charge in [-0.15, -0.1) is 0 Å². The molecule has 0 bridgehead atoms. The second-order valence-corrected chi connectivity index (χ2v) is 12.0. The zero-order valence-electron chi connectivity index (χ0n) is 24.0. The molecule has 0 spiro atoms. The molecule has 9 nitrogen and oxygen atoms in total. The molecule has 0 heterocycles. The Hall–Kier alpha value is -4.35. The van der Waals surface area contributed by atoms with Crippen LogP contribution in [-0.4, -0.2) is 40.8 Å². The standard InChI is InChI=1S/C32H32BrN3O6S/c1-4-41-29-13-9-8-12-28(29)36(43(38,39)26-10-6-5-7-11-26)21-31(37)35-34-20-25-18-27(33)32(30(19-25)40-3)42-22-24-16-14-23(2)15-17-24/h5-20H,4,21-22H2,1-3H3,(H,35,37)/b34-20-. The number of rotatable bonds is 13. The van der Waals surface area contributed by atoms with Crippen molar-refractivity contribution >= 4 is 43.8 Å². The number of anilines is 1. The molecule has 4 rings (SSSR count). The normalized spacial score (nSPS) is 11.3. The van der Waals surface area contributed by atoms with E-state index < -0.39 is 22.5 Å². The maximum Gasteiger partial charge on any atom is 0.264 e. The summed E-state index contributed by atoms with van der Waals surface area (Å²) in [5.41, 5.74) is 5.46. The van der Waals surface area contributed by atoms with Crippen molar-refractivity contribution in [1.82, 2.24) is 5.43 Å². The molecule has 0 aromatic heterocycles. The van der Waals surface area contributed by atoms with E-state index in [0.29, 0.717) is 40.5 Å². The van der Waals surface area contributed by atoms with Crippen molar-refractivity contribution in [2.24, 2.45) is 5.10 Å². The highest BCUT2D eigenvalue weighted by atomic mass is 79.9. The van der Waals surface area contributed by atoms with Gasteiger partial charge in [-0.2, -0.15) is 5.10 Å². The topological polar surface area (TPSA) is 107 Å². The molecule has 43 heavy (non-hydrogen) atoms. The van der Waals surface area contributed by atoms with Crippen LogP contribution in [0.25, 0.3) is 0 Å².